The predicted molar refractivity (Wildman–Crippen MR) is 141 cm³/mol. The summed E-state index contributed by atoms with van der Waals surface area (Å²) in [6.07, 6.45) is 3.28. The van der Waals surface area contributed by atoms with Crippen LogP contribution in [0, 0.1) is 0 Å². The maximum Gasteiger partial charge on any atom is 0.387 e. The standard InChI is InChI=1S/C28H29F2N5O4/c1-33(2)20-13-34(14-20)19-10-22-27(31-11-19)35(16-32-22)12-17-8-23(36-3)26-24(9-17)37-15-25(39-26)18-4-6-21(7-5-18)38-28(29)30/h4-11,16,20,25,28H,12-15H2,1-3H3. The van der Waals surface area contributed by atoms with E-state index in [4.69, 9.17) is 19.2 Å². The van der Waals surface area contributed by atoms with Crippen molar-refractivity contribution in [2.45, 2.75) is 25.3 Å². The average molecular weight is 538 g/mol. The number of alkyl halides is 2. The van der Waals surface area contributed by atoms with Crippen LogP contribution in [0.25, 0.3) is 11.2 Å². The zero-order valence-corrected chi connectivity index (χ0v) is 21.9. The number of hydrogen-bond donors (Lipinski definition) is 0. The van der Waals surface area contributed by atoms with Crippen molar-refractivity contribution in [1.29, 1.82) is 0 Å². The molecule has 0 N–H and O–H groups in total. The van der Waals surface area contributed by atoms with Gasteiger partial charge in [0.15, 0.2) is 23.3 Å². The normalized spacial score (nSPS) is 17.1. The molecule has 11 heteroatoms. The Morgan fingerprint density at radius 1 is 1.10 bits per heavy atom. The molecular formula is C28H29F2N5O4. The number of nitrogens with zero attached hydrogens (tertiary/aromatic N) is 5. The molecule has 0 aliphatic carbocycles. The summed E-state index contributed by atoms with van der Waals surface area (Å²) < 4.78 is 49.2. The number of rotatable bonds is 8. The van der Waals surface area contributed by atoms with Crippen LogP contribution in [0.15, 0.2) is 55.0 Å². The summed E-state index contributed by atoms with van der Waals surface area (Å²) in [5.41, 5.74) is 4.45. The summed E-state index contributed by atoms with van der Waals surface area (Å²) >= 11 is 0. The number of hydrogen-bond acceptors (Lipinski definition) is 8. The molecule has 1 fully saturated rings. The molecule has 4 aromatic rings. The number of anilines is 1. The van der Waals surface area contributed by atoms with E-state index in [1.165, 1.54) is 12.1 Å². The lowest BCUT2D eigenvalue weighted by Crippen LogP contribution is -2.57. The van der Waals surface area contributed by atoms with E-state index in [0.29, 0.717) is 29.8 Å². The number of aromatic nitrogens is 3. The monoisotopic (exact) mass is 537 g/mol. The van der Waals surface area contributed by atoms with E-state index in [0.717, 1.165) is 41.1 Å². The molecule has 0 bridgehead atoms. The van der Waals surface area contributed by atoms with E-state index >= 15 is 0 Å². The molecule has 2 aliphatic heterocycles. The highest BCUT2D eigenvalue weighted by molar-refractivity contribution is 5.75. The van der Waals surface area contributed by atoms with Gasteiger partial charge in [0, 0.05) is 19.1 Å². The predicted octanol–water partition coefficient (Wildman–Crippen LogP) is 4.35. The van der Waals surface area contributed by atoms with Crippen LogP contribution >= 0.6 is 0 Å². The van der Waals surface area contributed by atoms with Crippen LogP contribution in [-0.4, -0.2) is 73.0 Å². The fraction of sp³-hybridized carbons (Fsp3) is 0.357. The SMILES string of the molecule is COc1cc(Cn2cnc3cc(N4CC(N(C)C)C4)cnc32)cc2c1OC(c1ccc(OC(F)F)cc1)CO2. The first-order chi connectivity index (χ1) is 18.9. The van der Waals surface area contributed by atoms with Gasteiger partial charge in [-0.1, -0.05) is 12.1 Å². The van der Waals surface area contributed by atoms with Crippen LogP contribution < -0.4 is 23.8 Å². The van der Waals surface area contributed by atoms with Crippen molar-refractivity contribution in [2.75, 3.05) is 45.8 Å². The van der Waals surface area contributed by atoms with Gasteiger partial charge in [-0.3, -0.25) is 0 Å². The number of benzene rings is 2. The zero-order chi connectivity index (χ0) is 27.1. The molecule has 6 rings (SSSR count). The number of methoxy groups -OCH3 is 1. The summed E-state index contributed by atoms with van der Waals surface area (Å²) in [4.78, 5) is 13.9. The maximum atomic E-state index is 12.5. The third kappa shape index (κ3) is 5.01. The molecule has 2 aliphatic rings. The lowest BCUT2D eigenvalue weighted by molar-refractivity contribution is -0.0498. The number of fused-ring (bicyclic) bond motifs is 2. The highest BCUT2D eigenvalue weighted by atomic mass is 19.3. The van der Waals surface area contributed by atoms with E-state index in [-0.39, 0.29) is 12.4 Å². The molecule has 0 amide bonds. The Hall–Kier alpha value is -4.12. The second-order valence-corrected chi connectivity index (χ2v) is 9.92. The van der Waals surface area contributed by atoms with Gasteiger partial charge in [0.25, 0.3) is 0 Å². The zero-order valence-electron chi connectivity index (χ0n) is 21.9. The molecule has 9 nitrogen and oxygen atoms in total. The molecule has 2 aromatic carbocycles. The second kappa shape index (κ2) is 10.2. The van der Waals surface area contributed by atoms with Crippen molar-refractivity contribution in [3.63, 3.8) is 0 Å². The maximum absolute atomic E-state index is 12.5. The topological polar surface area (TPSA) is 74.1 Å². The number of imidazole rings is 1. The Balaban J connectivity index is 1.18. The Morgan fingerprint density at radius 2 is 1.90 bits per heavy atom. The van der Waals surface area contributed by atoms with Crippen LogP contribution in [0.4, 0.5) is 14.5 Å². The fourth-order valence-electron chi connectivity index (χ4n) is 4.88. The first kappa shape index (κ1) is 25.2. The van der Waals surface area contributed by atoms with Gasteiger partial charge >= 0.3 is 6.61 Å². The lowest BCUT2D eigenvalue weighted by Gasteiger charge is -2.44. The molecule has 2 aromatic heterocycles. The molecule has 1 unspecified atom stereocenters. The van der Waals surface area contributed by atoms with Crippen molar-refractivity contribution >= 4 is 16.9 Å². The molecule has 39 heavy (non-hydrogen) atoms. The second-order valence-electron chi connectivity index (χ2n) is 9.92. The summed E-state index contributed by atoms with van der Waals surface area (Å²) in [5, 5.41) is 0. The third-order valence-corrected chi connectivity index (χ3v) is 7.18. The minimum Gasteiger partial charge on any atom is -0.493 e. The number of halogens is 2. The Kier molecular flexibility index (Phi) is 6.59. The van der Waals surface area contributed by atoms with Gasteiger partial charge in [-0.15, -0.1) is 0 Å². The molecule has 1 atom stereocenters. The summed E-state index contributed by atoms with van der Waals surface area (Å²) in [6.45, 7) is -0.116. The minimum atomic E-state index is -2.87. The third-order valence-electron chi connectivity index (χ3n) is 7.18. The van der Waals surface area contributed by atoms with Crippen LogP contribution in [-0.2, 0) is 6.54 Å². The van der Waals surface area contributed by atoms with Crippen molar-refractivity contribution in [1.82, 2.24) is 19.4 Å². The molecular weight excluding hydrogens is 508 g/mol. The Morgan fingerprint density at radius 3 is 2.62 bits per heavy atom. The highest BCUT2D eigenvalue weighted by Gasteiger charge is 2.29. The number of pyridine rings is 1. The average Bonchev–Trinajstić information content (AvgIpc) is 3.29. The summed E-state index contributed by atoms with van der Waals surface area (Å²) in [6, 6.07) is 12.8. The molecule has 1 saturated heterocycles. The first-order valence-corrected chi connectivity index (χ1v) is 12.7. The van der Waals surface area contributed by atoms with Gasteiger partial charge in [0.1, 0.15) is 17.9 Å². The molecule has 4 heterocycles. The Labute approximate surface area is 224 Å². The van der Waals surface area contributed by atoms with Crippen molar-refractivity contribution in [3.05, 3.63) is 66.1 Å². The Bertz CT molecular complexity index is 1450. The molecule has 204 valence electrons. The first-order valence-electron chi connectivity index (χ1n) is 12.7. The van der Waals surface area contributed by atoms with Gasteiger partial charge < -0.3 is 33.3 Å². The van der Waals surface area contributed by atoms with E-state index in [1.54, 1.807) is 25.6 Å². The fourth-order valence-corrected chi connectivity index (χ4v) is 4.88. The number of likely N-dealkylation sites (N-methyl/N-ethyl adjacent to an activating group) is 1. The van der Waals surface area contributed by atoms with Crippen LogP contribution in [0.2, 0.25) is 0 Å². The summed E-state index contributed by atoms with van der Waals surface area (Å²) in [7, 11) is 5.78. The molecule has 0 saturated carbocycles. The van der Waals surface area contributed by atoms with Crippen molar-refractivity contribution < 1.29 is 27.7 Å². The molecule has 0 radical (unpaired) electrons. The lowest BCUT2D eigenvalue weighted by atomic mass is 10.1. The van der Waals surface area contributed by atoms with E-state index in [9.17, 15) is 8.78 Å². The van der Waals surface area contributed by atoms with Gasteiger partial charge in [0.05, 0.1) is 31.9 Å². The van der Waals surface area contributed by atoms with Crippen molar-refractivity contribution in [2.24, 2.45) is 0 Å². The van der Waals surface area contributed by atoms with Gasteiger partial charge in [-0.05, 0) is 55.6 Å². The minimum absolute atomic E-state index is 0.0874. The van der Waals surface area contributed by atoms with Gasteiger partial charge in [0.2, 0.25) is 5.75 Å². The van der Waals surface area contributed by atoms with Crippen LogP contribution in [0.1, 0.15) is 17.2 Å². The smallest absolute Gasteiger partial charge is 0.387 e. The van der Waals surface area contributed by atoms with Crippen molar-refractivity contribution in [3.8, 4) is 23.0 Å². The van der Waals surface area contributed by atoms with E-state index < -0.39 is 12.7 Å². The largest absolute Gasteiger partial charge is 0.493 e. The highest BCUT2D eigenvalue weighted by Crippen LogP contribution is 2.44. The van der Waals surface area contributed by atoms with Crippen LogP contribution in [0.5, 0.6) is 23.0 Å². The van der Waals surface area contributed by atoms with Crippen LogP contribution in [0.3, 0.4) is 0 Å². The summed E-state index contributed by atoms with van der Waals surface area (Å²) in [5.74, 6) is 1.70. The number of ether oxygens (including phenoxy) is 4. The van der Waals surface area contributed by atoms with E-state index in [2.05, 4.69) is 39.7 Å². The quantitative estimate of drug-likeness (QED) is 0.329. The van der Waals surface area contributed by atoms with Gasteiger partial charge in [-0.2, -0.15) is 8.78 Å². The van der Waals surface area contributed by atoms with E-state index in [1.807, 2.05) is 22.9 Å². The molecule has 0 spiro atoms. The van der Waals surface area contributed by atoms with Gasteiger partial charge in [-0.25, -0.2) is 9.97 Å².